The van der Waals surface area contributed by atoms with Crippen molar-refractivity contribution in [3.63, 3.8) is 0 Å². The lowest BCUT2D eigenvalue weighted by atomic mass is 10.1. The average molecular weight is 208 g/mol. The molecule has 1 unspecified atom stereocenters. The van der Waals surface area contributed by atoms with Gasteiger partial charge in [0.1, 0.15) is 12.7 Å². The summed E-state index contributed by atoms with van der Waals surface area (Å²) in [6, 6.07) is 9.71. The molecule has 0 aromatic heterocycles. The molecule has 1 aromatic carbocycles. The van der Waals surface area contributed by atoms with Gasteiger partial charge in [0.2, 0.25) is 0 Å². The molecule has 15 heavy (non-hydrogen) atoms. The van der Waals surface area contributed by atoms with E-state index < -0.39 is 0 Å². The summed E-state index contributed by atoms with van der Waals surface area (Å²) < 4.78 is 9.97. The largest absolute Gasteiger partial charge is 0.456 e. The van der Waals surface area contributed by atoms with Crippen LogP contribution in [0.2, 0.25) is 0 Å². The molecule has 0 spiro atoms. The predicted octanol–water partition coefficient (Wildman–Crippen LogP) is 2.33. The van der Waals surface area contributed by atoms with Gasteiger partial charge in [-0.1, -0.05) is 37.3 Å². The van der Waals surface area contributed by atoms with Gasteiger partial charge in [-0.3, -0.25) is 0 Å². The third-order valence-electron chi connectivity index (χ3n) is 2.08. The number of esters is 1. The molecule has 0 aliphatic heterocycles. The lowest BCUT2D eigenvalue weighted by Gasteiger charge is -2.16. The molecule has 82 valence electrons. The maximum atomic E-state index is 11.2. The van der Waals surface area contributed by atoms with E-state index in [1.807, 2.05) is 37.3 Å². The van der Waals surface area contributed by atoms with Gasteiger partial charge in [0.25, 0.3) is 0 Å². The molecular weight excluding hydrogens is 192 g/mol. The third-order valence-corrected chi connectivity index (χ3v) is 2.08. The van der Waals surface area contributed by atoms with E-state index in [9.17, 15) is 4.79 Å². The molecule has 0 fully saturated rings. The standard InChI is InChI=1S/C12H16O3/c1-3-11(15-12(13)9-14-2)10-7-5-4-6-8-10/h4-8,11H,3,9H2,1-2H3. The molecule has 1 rings (SSSR count). The van der Waals surface area contributed by atoms with Crippen LogP contribution in [-0.2, 0) is 14.3 Å². The summed E-state index contributed by atoms with van der Waals surface area (Å²) in [4.78, 5) is 11.2. The van der Waals surface area contributed by atoms with Crippen molar-refractivity contribution in [1.82, 2.24) is 0 Å². The van der Waals surface area contributed by atoms with Crippen LogP contribution < -0.4 is 0 Å². The maximum Gasteiger partial charge on any atom is 0.332 e. The van der Waals surface area contributed by atoms with Crippen LogP contribution >= 0.6 is 0 Å². The number of carbonyl (C=O) groups is 1. The van der Waals surface area contributed by atoms with Crippen LogP contribution in [0, 0.1) is 0 Å². The molecule has 3 nitrogen and oxygen atoms in total. The second-order valence-corrected chi connectivity index (χ2v) is 3.23. The molecule has 0 saturated heterocycles. The van der Waals surface area contributed by atoms with E-state index in [0.29, 0.717) is 0 Å². The van der Waals surface area contributed by atoms with Crippen molar-refractivity contribution in [2.45, 2.75) is 19.4 Å². The van der Waals surface area contributed by atoms with Crippen molar-refractivity contribution in [1.29, 1.82) is 0 Å². The quantitative estimate of drug-likeness (QED) is 0.697. The number of methoxy groups -OCH3 is 1. The fraction of sp³-hybridized carbons (Fsp3) is 0.417. The lowest BCUT2D eigenvalue weighted by Crippen LogP contribution is -2.15. The minimum atomic E-state index is -0.326. The van der Waals surface area contributed by atoms with Crippen LogP contribution in [0.5, 0.6) is 0 Å². The summed E-state index contributed by atoms with van der Waals surface area (Å²) >= 11 is 0. The summed E-state index contributed by atoms with van der Waals surface area (Å²) in [6.07, 6.45) is 0.591. The SMILES string of the molecule is CCC(OC(=O)COC)c1ccccc1. The smallest absolute Gasteiger partial charge is 0.332 e. The fourth-order valence-electron chi connectivity index (χ4n) is 1.37. The molecule has 3 heteroatoms. The lowest BCUT2D eigenvalue weighted by molar-refractivity contribution is -0.154. The summed E-state index contributed by atoms with van der Waals surface area (Å²) in [5.41, 5.74) is 1.02. The number of rotatable bonds is 5. The van der Waals surface area contributed by atoms with Crippen LogP contribution in [-0.4, -0.2) is 19.7 Å². The van der Waals surface area contributed by atoms with E-state index in [1.54, 1.807) is 0 Å². The van der Waals surface area contributed by atoms with Gasteiger partial charge < -0.3 is 9.47 Å². The zero-order valence-electron chi connectivity index (χ0n) is 9.10. The van der Waals surface area contributed by atoms with Gasteiger partial charge in [0, 0.05) is 7.11 Å². The summed E-state index contributed by atoms with van der Waals surface area (Å²) in [7, 11) is 1.48. The van der Waals surface area contributed by atoms with Gasteiger partial charge >= 0.3 is 5.97 Å². The highest BCUT2D eigenvalue weighted by Crippen LogP contribution is 2.20. The minimum Gasteiger partial charge on any atom is -0.456 e. The summed E-state index contributed by atoms with van der Waals surface area (Å²) in [6.45, 7) is 1.99. The van der Waals surface area contributed by atoms with Gasteiger partial charge in [-0.2, -0.15) is 0 Å². The molecule has 0 saturated carbocycles. The topological polar surface area (TPSA) is 35.5 Å². The first-order valence-corrected chi connectivity index (χ1v) is 5.01. The molecule has 0 radical (unpaired) electrons. The highest BCUT2D eigenvalue weighted by molar-refractivity contribution is 5.71. The maximum absolute atomic E-state index is 11.2. The Morgan fingerprint density at radius 3 is 2.53 bits per heavy atom. The van der Waals surface area contributed by atoms with E-state index in [1.165, 1.54) is 7.11 Å². The second kappa shape index (κ2) is 6.19. The van der Waals surface area contributed by atoms with Gasteiger partial charge in [0.15, 0.2) is 0 Å². The number of hydrogen-bond acceptors (Lipinski definition) is 3. The van der Waals surface area contributed by atoms with Crippen LogP contribution in [0.4, 0.5) is 0 Å². The van der Waals surface area contributed by atoms with Crippen molar-refractivity contribution in [2.24, 2.45) is 0 Å². The van der Waals surface area contributed by atoms with Crippen LogP contribution in [0.25, 0.3) is 0 Å². The van der Waals surface area contributed by atoms with E-state index >= 15 is 0 Å². The zero-order chi connectivity index (χ0) is 11.1. The third kappa shape index (κ3) is 3.72. The Hall–Kier alpha value is -1.35. The predicted molar refractivity (Wildman–Crippen MR) is 57.4 cm³/mol. The number of carbonyl (C=O) groups excluding carboxylic acids is 1. The highest BCUT2D eigenvalue weighted by atomic mass is 16.6. The summed E-state index contributed by atoms with van der Waals surface area (Å²) in [5, 5.41) is 0. The highest BCUT2D eigenvalue weighted by Gasteiger charge is 2.13. The molecule has 0 bridgehead atoms. The van der Waals surface area contributed by atoms with Crippen molar-refractivity contribution in [2.75, 3.05) is 13.7 Å². The molecule has 1 atom stereocenters. The van der Waals surface area contributed by atoms with Crippen LogP contribution in [0.15, 0.2) is 30.3 Å². The van der Waals surface area contributed by atoms with E-state index in [4.69, 9.17) is 9.47 Å². The van der Waals surface area contributed by atoms with Crippen LogP contribution in [0.3, 0.4) is 0 Å². The molecule has 0 aliphatic rings. The fourth-order valence-corrected chi connectivity index (χ4v) is 1.37. The van der Waals surface area contributed by atoms with Crippen molar-refractivity contribution in [3.05, 3.63) is 35.9 Å². The molecular formula is C12H16O3. The molecule has 1 aromatic rings. The minimum absolute atomic E-state index is 0.00331. The van der Waals surface area contributed by atoms with Crippen molar-refractivity contribution in [3.8, 4) is 0 Å². The Labute approximate surface area is 90.0 Å². The van der Waals surface area contributed by atoms with Gasteiger partial charge in [-0.15, -0.1) is 0 Å². The van der Waals surface area contributed by atoms with Crippen molar-refractivity contribution >= 4 is 5.97 Å². The number of hydrogen-bond donors (Lipinski definition) is 0. The Kier molecular flexibility index (Phi) is 4.84. The first kappa shape index (κ1) is 11.7. The second-order valence-electron chi connectivity index (χ2n) is 3.23. The normalized spacial score (nSPS) is 12.1. The van der Waals surface area contributed by atoms with Gasteiger partial charge in [0.05, 0.1) is 0 Å². The van der Waals surface area contributed by atoms with E-state index in [-0.39, 0.29) is 18.7 Å². The van der Waals surface area contributed by atoms with Crippen LogP contribution in [0.1, 0.15) is 25.0 Å². The first-order valence-electron chi connectivity index (χ1n) is 5.01. The first-order chi connectivity index (χ1) is 7.27. The van der Waals surface area contributed by atoms with Crippen molar-refractivity contribution < 1.29 is 14.3 Å². The Morgan fingerprint density at radius 1 is 1.33 bits per heavy atom. The van der Waals surface area contributed by atoms with E-state index in [2.05, 4.69) is 0 Å². The monoisotopic (exact) mass is 208 g/mol. The molecule has 0 aliphatic carbocycles. The Balaban J connectivity index is 2.61. The summed E-state index contributed by atoms with van der Waals surface area (Å²) in [5.74, 6) is -0.326. The van der Waals surface area contributed by atoms with Gasteiger partial charge in [-0.25, -0.2) is 4.79 Å². The van der Waals surface area contributed by atoms with E-state index in [0.717, 1.165) is 12.0 Å². The number of ether oxygens (including phenoxy) is 2. The Bertz CT molecular complexity index is 295. The molecule has 0 N–H and O–H groups in total. The average Bonchev–Trinajstić information content (AvgIpc) is 2.27. The molecule has 0 heterocycles. The van der Waals surface area contributed by atoms with Gasteiger partial charge in [-0.05, 0) is 12.0 Å². The number of benzene rings is 1. The zero-order valence-corrected chi connectivity index (χ0v) is 9.10. The molecule has 0 amide bonds. The Morgan fingerprint density at radius 2 is 2.00 bits per heavy atom.